The molecule has 0 aliphatic carbocycles. The highest BCUT2D eigenvalue weighted by atomic mass is 16.6. The predicted molar refractivity (Wildman–Crippen MR) is 302 cm³/mol. The quantitative estimate of drug-likeness (QED) is 0.0262. The molecule has 0 aromatic rings. The molecule has 0 spiro atoms. The van der Waals surface area contributed by atoms with Gasteiger partial charge in [0.25, 0.3) is 0 Å². The second-order valence-electron chi connectivity index (χ2n) is 19.2. The molecule has 0 heterocycles. The fourth-order valence-electron chi connectivity index (χ4n) is 7.96. The lowest BCUT2D eigenvalue weighted by atomic mass is 10.0. The van der Waals surface area contributed by atoms with Crippen molar-refractivity contribution in [1.29, 1.82) is 0 Å². The van der Waals surface area contributed by atoms with Gasteiger partial charge in [-0.15, -0.1) is 0 Å². The first-order valence-electron chi connectivity index (χ1n) is 29.2. The van der Waals surface area contributed by atoms with E-state index in [0.717, 1.165) is 103 Å². The van der Waals surface area contributed by atoms with E-state index in [4.69, 9.17) is 14.2 Å². The molecule has 0 N–H and O–H groups in total. The largest absolute Gasteiger partial charge is 0.462 e. The third-order valence-corrected chi connectivity index (χ3v) is 12.3. The average molecular weight is 974 g/mol. The van der Waals surface area contributed by atoms with Crippen LogP contribution in [0.3, 0.4) is 0 Å². The topological polar surface area (TPSA) is 78.9 Å². The molecule has 0 amide bonds. The first-order chi connectivity index (χ1) is 34.5. The molecule has 0 fully saturated rings. The van der Waals surface area contributed by atoms with Crippen molar-refractivity contribution in [3.63, 3.8) is 0 Å². The molecule has 0 saturated heterocycles. The van der Waals surface area contributed by atoms with Gasteiger partial charge in [-0.2, -0.15) is 0 Å². The Balaban J connectivity index is 4.48. The van der Waals surface area contributed by atoms with Gasteiger partial charge in [0.05, 0.1) is 0 Å². The molecule has 6 nitrogen and oxygen atoms in total. The van der Waals surface area contributed by atoms with Gasteiger partial charge < -0.3 is 14.2 Å². The van der Waals surface area contributed by atoms with Crippen molar-refractivity contribution in [3.05, 3.63) is 97.2 Å². The molecular weight excluding hydrogens is 865 g/mol. The fourth-order valence-corrected chi connectivity index (χ4v) is 7.96. The third-order valence-electron chi connectivity index (χ3n) is 12.3. The lowest BCUT2D eigenvalue weighted by Gasteiger charge is -2.18. The number of allylic oxidation sites excluding steroid dienone is 16. The van der Waals surface area contributed by atoms with Crippen LogP contribution in [0.5, 0.6) is 0 Å². The van der Waals surface area contributed by atoms with Crippen LogP contribution >= 0.6 is 0 Å². The van der Waals surface area contributed by atoms with Gasteiger partial charge in [0.1, 0.15) is 13.2 Å². The summed E-state index contributed by atoms with van der Waals surface area (Å²) in [6, 6.07) is 0. The molecule has 0 aliphatic heterocycles. The summed E-state index contributed by atoms with van der Waals surface area (Å²) >= 11 is 0. The van der Waals surface area contributed by atoms with E-state index in [-0.39, 0.29) is 37.5 Å². The summed E-state index contributed by atoms with van der Waals surface area (Å²) in [6.07, 6.45) is 77.0. The minimum Gasteiger partial charge on any atom is -0.462 e. The van der Waals surface area contributed by atoms with Crippen molar-refractivity contribution >= 4 is 17.9 Å². The lowest BCUT2D eigenvalue weighted by Crippen LogP contribution is -2.30. The van der Waals surface area contributed by atoms with Gasteiger partial charge in [-0.1, -0.05) is 266 Å². The highest BCUT2D eigenvalue weighted by Gasteiger charge is 2.19. The fraction of sp³-hybridized carbons (Fsp3) is 0.703. The molecule has 0 unspecified atom stereocenters. The Bertz CT molecular complexity index is 1400. The van der Waals surface area contributed by atoms with Crippen LogP contribution in [0.4, 0.5) is 0 Å². The van der Waals surface area contributed by atoms with Gasteiger partial charge in [0.15, 0.2) is 6.10 Å². The van der Waals surface area contributed by atoms with E-state index in [9.17, 15) is 14.4 Å². The van der Waals surface area contributed by atoms with Gasteiger partial charge in [-0.05, 0) is 83.5 Å². The molecule has 70 heavy (non-hydrogen) atoms. The molecular formula is C64H108O6. The molecule has 0 saturated carbocycles. The van der Waals surface area contributed by atoms with Crippen molar-refractivity contribution in [1.82, 2.24) is 0 Å². The maximum Gasteiger partial charge on any atom is 0.306 e. The normalized spacial score (nSPS) is 12.8. The molecule has 0 aliphatic rings. The minimum absolute atomic E-state index is 0.107. The maximum atomic E-state index is 12.9. The first-order valence-corrected chi connectivity index (χ1v) is 29.2. The number of hydrogen-bond acceptors (Lipinski definition) is 6. The highest BCUT2D eigenvalue weighted by Crippen LogP contribution is 2.16. The van der Waals surface area contributed by atoms with Crippen molar-refractivity contribution in [3.8, 4) is 0 Å². The number of carbonyl (C=O) groups excluding carboxylic acids is 3. The predicted octanol–water partition coefficient (Wildman–Crippen LogP) is 19.7. The zero-order valence-electron chi connectivity index (χ0n) is 45.8. The molecule has 0 aromatic carbocycles. The molecule has 0 rings (SSSR count). The molecule has 0 radical (unpaired) electrons. The third kappa shape index (κ3) is 55.3. The Kier molecular flexibility index (Phi) is 54.9. The SMILES string of the molecule is CC/C=C/C/C=C/C/C=C/C/C=C/C/C=C/C/C=C/CCC(=O)OC[C@@H](COC(=O)CCCCCCC/C=C/C/C=C/CCCC)OC(=O)CCCCCCCCCCCCCCCCCCCCC. The van der Waals surface area contributed by atoms with Crippen LogP contribution in [0.2, 0.25) is 0 Å². The van der Waals surface area contributed by atoms with Crippen molar-refractivity contribution in [2.24, 2.45) is 0 Å². The van der Waals surface area contributed by atoms with Crippen LogP contribution in [-0.4, -0.2) is 37.2 Å². The van der Waals surface area contributed by atoms with Gasteiger partial charge in [0, 0.05) is 19.3 Å². The standard InChI is InChI=1S/C64H108O6/c1-4-7-10-13-16-19-22-25-28-30-32-34-36-39-42-45-48-51-54-57-63(66)69-60-61(59-68-62(65)56-53-50-47-44-41-38-27-24-21-18-15-12-9-6-3)70-64(67)58-55-52-49-46-43-40-37-35-33-31-29-26-23-20-17-14-11-8-5-2/h7,10,15-16,18-19,24-25,27-28,32,34,39,42,48,51,61H,4-6,8-9,11-14,17,20-23,26,29-31,33,35-38,40-41,43-47,49-50,52-60H2,1-3H3/b10-7+,18-15+,19-16+,27-24+,28-25+,34-32+,42-39+,51-48+/t61-/m1/s1. The van der Waals surface area contributed by atoms with Crippen LogP contribution in [0.25, 0.3) is 0 Å². The Morgan fingerprint density at radius 2 is 0.600 bits per heavy atom. The van der Waals surface area contributed by atoms with E-state index in [2.05, 4.69) is 112 Å². The van der Waals surface area contributed by atoms with Gasteiger partial charge in [0.2, 0.25) is 0 Å². The molecule has 400 valence electrons. The average Bonchev–Trinajstić information content (AvgIpc) is 3.36. The summed E-state index contributed by atoms with van der Waals surface area (Å²) in [5, 5.41) is 0. The zero-order chi connectivity index (χ0) is 50.7. The van der Waals surface area contributed by atoms with Gasteiger partial charge in [-0.3, -0.25) is 14.4 Å². The maximum absolute atomic E-state index is 12.9. The van der Waals surface area contributed by atoms with Crippen LogP contribution in [0, 0.1) is 0 Å². The van der Waals surface area contributed by atoms with Crippen LogP contribution in [0.1, 0.15) is 271 Å². The number of esters is 3. The first kappa shape index (κ1) is 66.3. The summed E-state index contributed by atoms with van der Waals surface area (Å²) in [7, 11) is 0. The highest BCUT2D eigenvalue weighted by molar-refractivity contribution is 5.71. The van der Waals surface area contributed by atoms with Crippen LogP contribution in [-0.2, 0) is 28.6 Å². The second-order valence-corrected chi connectivity index (χ2v) is 19.2. The van der Waals surface area contributed by atoms with E-state index < -0.39 is 6.10 Å². The van der Waals surface area contributed by atoms with E-state index in [1.807, 2.05) is 6.08 Å². The minimum atomic E-state index is -0.813. The Hall–Kier alpha value is -3.67. The number of unbranched alkanes of at least 4 members (excludes halogenated alkanes) is 25. The molecule has 0 bridgehead atoms. The van der Waals surface area contributed by atoms with Crippen LogP contribution < -0.4 is 0 Å². The molecule has 1 atom stereocenters. The van der Waals surface area contributed by atoms with E-state index >= 15 is 0 Å². The van der Waals surface area contributed by atoms with Crippen molar-refractivity contribution in [2.45, 2.75) is 277 Å². The van der Waals surface area contributed by atoms with E-state index in [1.54, 1.807) is 0 Å². The molecule has 0 aromatic heterocycles. The number of carbonyl (C=O) groups is 3. The number of rotatable bonds is 52. The van der Waals surface area contributed by atoms with E-state index in [1.165, 1.54) is 122 Å². The lowest BCUT2D eigenvalue weighted by molar-refractivity contribution is -0.166. The summed E-state index contributed by atoms with van der Waals surface area (Å²) in [5.41, 5.74) is 0. The van der Waals surface area contributed by atoms with Crippen LogP contribution in [0.15, 0.2) is 97.2 Å². The monoisotopic (exact) mass is 973 g/mol. The van der Waals surface area contributed by atoms with E-state index in [0.29, 0.717) is 19.3 Å². The Labute approximate surface area is 432 Å². The van der Waals surface area contributed by atoms with Crippen molar-refractivity contribution < 1.29 is 28.6 Å². The summed E-state index contributed by atoms with van der Waals surface area (Å²) in [6.45, 7) is 6.43. The van der Waals surface area contributed by atoms with Gasteiger partial charge in [-0.25, -0.2) is 0 Å². The Morgan fingerprint density at radius 1 is 0.300 bits per heavy atom. The second kappa shape index (κ2) is 57.9. The summed E-state index contributed by atoms with van der Waals surface area (Å²) in [5.74, 6) is -1.00. The smallest absolute Gasteiger partial charge is 0.306 e. The summed E-state index contributed by atoms with van der Waals surface area (Å²) < 4.78 is 16.8. The zero-order valence-corrected chi connectivity index (χ0v) is 45.8. The Morgan fingerprint density at radius 3 is 1.00 bits per heavy atom. The number of hydrogen-bond donors (Lipinski definition) is 0. The molecule has 6 heteroatoms. The summed E-state index contributed by atoms with van der Waals surface area (Å²) in [4.78, 5) is 38.1. The van der Waals surface area contributed by atoms with Gasteiger partial charge >= 0.3 is 17.9 Å². The number of ether oxygens (including phenoxy) is 3. The van der Waals surface area contributed by atoms with Crippen molar-refractivity contribution in [2.75, 3.05) is 13.2 Å².